The number of hydrogen-bond acceptors (Lipinski definition) is 7. The number of nitrogens with one attached hydrogen (secondary N) is 1. The van der Waals surface area contributed by atoms with Crippen LogP contribution in [0.3, 0.4) is 0 Å². The van der Waals surface area contributed by atoms with Gasteiger partial charge in [-0.3, -0.25) is 10.1 Å². The van der Waals surface area contributed by atoms with Crippen LogP contribution in [0.25, 0.3) is 0 Å². The molecule has 0 amide bonds. The van der Waals surface area contributed by atoms with Gasteiger partial charge in [0.05, 0.1) is 11.0 Å². The van der Waals surface area contributed by atoms with Crippen LogP contribution in [0, 0.1) is 17.0 Å². The molecule has 0 aliphatic heterocycles. The summed E-state index contributed by atoms with van der Waals surface area (Å²) in [6.07, 6.45) is 1.95. The molecule has 0 atom stereocenters. The number of aryl methyl sites for hydroxylation is 1. The van der Waals surface area contributed by atoms with Gasteiger partial charge in [0.1, 0.15) is 5.82 Å². The second-order valence-corrected chi connectivity index (χ2v) is 3.56. The van der Waals surface area contributed by atoms with Crippen molar-refractivity contribution in [1.82, 2.24) is 15.1 Å². The van der Waals surface area contributed by atoms with Gasteiger partial charge in [-0.05, 0) is 0 Å². The van der Waals surface area contributed by atoms with Gasteiger partial charge in [-0.15, -0.1) is 0 Å². The average Bonchev–Trinajstić information content (AvgIpc) is 2.75. The zero-order valence-electron chi connectivity index (χ0n) is 9.66. The molecule has 0 saturated carbocycles. The largest absolute Gasteiger partial charge is 0.369 e. The summed E-state index contributed by atoms with van der Waals surface area (Å²) in [4.78, 5) is 18.1. The lowest BCUT2D eigenvalue weighted by Crippen LogP contribution is -2.07. The van der Waals surface area contributed by atoms with E-state index in [9.17, 15) is 10.1 Å². The van der Waals surface area contributed by atoms with E-state index in [0.717, 1.165) is 0 Å². The molecule has 94 valence electrons. The van der Waals surface area contributed by atoms with Gasteiger partial charge in [0.25, 0.3) is 5.69 Å². The van der Waals surface area contributed by atoms with Gasteiger partial charge in [-0.25, -0.2) is 4.98 Å². The Labute approximate surface area is 102 Å². The molecule has 0 saturated heterocycles. The van der Waals surface area contributed by atoms with Crippen molar-refractivity contribution in [3.8, 4) is 0 Å². The molecule has 0 aromatic carbocycles. The van der Waals surface area contributed by atoms with Crippen LogP contribution in [0.1, 0.15) is 11.7 Å². The zero-order chi connectivity index (χ0) is 13.0. The second-order valence-electron chi connectivity index (χ2n) is 3.56. The van der Waals surface area contributed by atoms with Crippen LogP contribution in [-0.2, 0) is 6.42 Å². The van der Waals surface area contributed by atoms with E-state index in [-0.39, 0.29) is 5.69 Å². The lowest BCUT2D eigenvalue weighted by molar-refractivity contribution is -0.384. The van der Waals surface area contributed by atoms with Crippen molar-refractivity contribution in [2.75, 3.05) is 11.9 Å². The van der Waals surface area contributed by atoms with Crippen molar-refractivity contribution >= 4 is 11.5 Å². The van der Waals surface area contributed by atoms with Gasteiger partial charge in [0.15, 0.2) is 5.82 Å². The molecule has 2 aromatic heterocycles. The van der Waals surface area contributed by atoms with Crippen molar-refractivity contribution in [3.63, 3.8) is 0 Å². The standard InChI is InChI=1S/C10H11N5O3/c1-7-13-9(14-18-7)3-5-12-10-6-8(15(16)17)2-4-11-10/h2,4,6H,3,5H2,1H3,(H,11,12). The Bertz CT molecular complexity index is 554. The number of rotatable bonds is 5. The highest BCUT2D eigenvalue weighted by atomic mass is 16.6. The first kappa shape index (κ1) is 12.0. The third kappa shape index (κ3) is 3.00. The van der Waals surface area contributed by atoms with Crippen molar-refractivity contribution in [3.05, 3.63) is 40.2 Å². The molecule has 0 unspecified atom stereocenters. The first-order valence-electron chi connectivity index (χ1n) is 5.28. The summed E-state index contributed by atoms with van der Waals surface area (Å²) in [6, 6.07) is 2.72. The lowest BCUT2D eigenvalue weighted by atomic mass is 10.3. The first-order chi connectivity index (χ1) is 8.65. The smallest absolute Gasteiger partial charge is 0.274 e. The van der Waals surface area contributed by atoms with Gasteiger partial charge < -0.3 is 9.84 Å². The molecular weight excluding hydrogens is 238 g/mol. The van der Waals surface area contributed by atoms with E-state index in [0.29, 0.717) is 30.5 Å². The van der Waals surface area contributed by atoms with E-state index in [2.05, 4.69) is 20.4 Å². The normalized spacial score (nSPS) is 10.3. The van der Waals surface area contributed by atoms with Crippen LogP contribution in [0.5, 0.6) is 0 Å². The molecule has 0 radical (unpaired) electrons. The van der Waals surface area contributed by atoms with Crippen LogP contribution in [0.2, 0.25) is 0 Å². The Balaban J connectivity index is 1.90. The van der Waals surface area contributed by atoms with Crippen LogP contribution in [-0.4, -0.2) is 26.6 Å². The molecule has 0 aliphatic carbocycles. The van der Waals surface area contributed by atoms with Gasteiger partial charge in [0, 0.05) is 32.2 Å². The monoisotopic (exact) mass is 249 g/mol. The summed E-state index contributed by atoms with van der Waals surface area (Å²) < 4.78 is 4.82. The van der Waals surface area contributed by atoms with E-state index in [4.69, 9.17) is 4.52 Å². The molecule has 2 rings (SSSR count). The Morgan fingerprint density at radius 3 is 3.06 bits per heavy atom. The summed E-state index contributed by atoms with van der Waals surface area (Å²) in [5.74, 6) is 1.55. The highest BCUT2D eigenvalue weighted by Crippen LogP contribution is 2.13. The number of nitrogens with zero attached hydrogens (tertiary/aromatic N) is 4. The molecule has 8 nitrogen and oxygen atoms in total. The molecule has 0 fully saturated rings. The number of pyridine rings is 1. The fourth-order valence-electron chi connectivity index (χ4n) is 1.37. The van der Waals surface area contributed by atoms with Crippen LogP contribution >= 0.6 is 0 Å². The molecule has 2 heterocycles. The van der Waals surface area contributed by atoms with Crippen LogP contribution in [0.15, 0.2) is 22.9 Å². The maximum atomic E-state index is 10.6. The minimum Gasteiger partial charge on any atom is -0.369 e. The number of aromatic nitrogens is 3. The van der Waals surface area contributed by atoms with E-state index < -0.39 is 4.92 Å². The number of hydrogen-bond donors (Lipinski definition) is 1. The van der Waals surface area contributed by atoms with Gasteiger partial charge in [0.2, 0.25) is 5.89 Å². The highest BCUT2D eigenvalue weighted by molar-refractivity contribution is 5.44. The summed E-state index contributed by atoms with van der Waals surface area (Å²) in [5.41, 5.74) is 0.00269. The van der Waals surface area contributed by atoms with Crippen molar-refractivity contribution in [1.29, 1.82) is 0 Å². The minimum absolute atomic E-state index is 0.00269. The molecule has 8 heteroatoms. The molecule has 0 bridgehead atoms. The van der Waals surface area contributed by atoms with E-state index in [1.807, 2.05) is 0 Å². The molecule has 1 N–H and O–H groups in total. The molecule has 2 aromatic rings. The Hall–Kier alpha value is -2.51. The maximum absolute atomic E-state index is 10.6. The van der Waals surface area contributed by atoms with E-state index in [1.165, 1.54) is 18.3 Å². The molecule has 0 aliphatic rings. The van der Waals surface area contributed by atoms with Crippen LogP contribution in [0.4, 0.5) is 11.5 Å². The average molecular weight is 249 g/mol. The minimum atomic E-state index is -0.463. The fraction of sp³-hybridized carbons (Fsp3) is 0.300. The van der Waals surface area contributed by atoms with Gasteiger partial charge in [-0.1, -0.05) is 5.16 Å². The fourth-order valence-corrected chi connectivity index (χ4v) is 1.37. The van der Waals surface area contributed by atoms with Gasteiger partial charge in [-0.2, -0.15) is 4.98 Å². The summed E-state index contributed by atoms with van der Waals surface area (Å²) in [5, 5.41) is 17.3. The topological polar surface area (TPSA) is 107 Å². The summed E-state index contributed by atoms with van der Waals surface area (Å²) in [7, 11) is 0. The summed E-state index contributed by atoms with van der Waals surface area (Å²) >= 11 is 0. The summed E-state index contributed by atoms with van der Waals surface area (Å²) in [6.45, 7) is 2.24. The quantitative estimate of drug-likeness (QED) is 0.629. The maximum Gasteiger partial charge on any atom is 0.274 e. The Kier molecular flexibility index (Phi) is 3.46. The van der Waals surface area contributed by atoms with E-state index in [1.54, 1.807) is 6.92 Å². The zero-order valence-corrected chi connectivity index (χ0v) is 9.66. The highest BCUT2D eigenvalue weighted by Gasteiger charge is 2.07. The van der Waals surface area contributed by atoms with Crippen molar-refractivity contribution < 1.29 is 9.45 Å². The molecule has 0 spiro atoms. The Morgan fingerprint density at radius 1 is 1.56 bits per heavy atom. The number of anilines is 1. The first-order valence-corrected chi connectivity index (χ1v) is 5.28. The lowest BCUT2D eigenvalue weighted by Gasteiger charge is -2.02. The predicted octanol–water partition coefficient (Wildman–Crippen LogP) is 1.34. The third-order valence-corrected chi connectivity index (χ3v) is 2.18. The SMILES string of the molecule is Cc1nc(CCNc2cc([N+](=O)[O-])ccn2)no1. The second kappa shape index (κ2) is 5.21. The van der Waals surface area contributed by atoms with E-state index >= 15 is 0 Å². The predicted molar refractivity (Wildman–Crippen MR) is 62.1 cm³/mol. The van der Waals surface area contributed by atoms with Crippen molar-refractivity contribution in [2.24, 2.45) is 0 Å². The van der Waals surface area contributed by atoms with Crippen LogP contribution < -0.4 is 5.32 Å². The third-order valence-electron chi connectivity index (χ3n) is 2.18. The van der Waals surface area contributed by atoms with Crippen molar-refractivity contribution in [2.45, 2.75) is 13.3 Å². The van der Waals surface area contributed by atoms with Gasteiger partial charge >= 0.3 is 0 Å². The Morgan fingerprint density at radius 2 is 2.39 bits per heavy atom. The molecular formula is C10H11N5O3. The molecule has 18 heavy (non-hydrogen) atoms. The number of nitro groups is 1.